The van der Waals surface area contributed by atoms with Crippen molar-refractivity contribution in [2.75, 3.05) is 6.61 Å². The van der Waals surface area contributed by atoms with E-state index in [9.17, 15) is 28.8 Å². The van der Waals surface area contributed by atoms with Gasteiger partial charge in [-0.3, -0.25) is 24.0 Å². The maximum atomic E-state index is 12.2. The average Bonchev–Trinajstić information content (AvgIpc) is 3.92. The average molecular weight is 931 g/mol. The summed E-state index contributed by atoms with van der Waals surface area (Å²) in [6.45, 7) is 24.4. The third-order valence-corrected chi connectivity index (χ3v) is 15.4. The van der Waals surface area contributed by atoms with Gasteiger partial charge in [-0.05, 0) is 132 Å². The number of carbonyl (C=O) groups excluding carboxylic acids is 6. The van der Waals surface area contributed by atoms with Crippen molar-refractivity contribution in [3.05, 3.63) is 0 Å². The largest absolute Gasteiger partial charge is 0.463 e. The molecule has 2 heterocycles. The molecule has 0 aromatic carbocycles. The van der Waals surface area contributed by atoms with Crippen molar-refractivity contribution < 1.29 is 52.5 Å². The van der Waals surface area contributed by atoms with Gasteiger partial charge in [0.15, 0.2) is 0 Å². The van der Waals surface area contributed by atoms with Gasteiger partial charge in [-0.15, -0.1) is 0 Å². The van der Waals surface area contributed by atoms with Gasteiger partial charge in [-0.2, -0.15) is 0 Å². The molecule has 0 spiro atoms. The van der Waals surface area contributed by atoms with Crippen LogP contribution in [0.5, 0.6) is 0 Å². The number of carbonyl (C=O) groups is 6. The summed E-state index contributed by atoms with van der Waals surface area (Å²) >= 11 is 0. The minimum absolute atomic E-state index is 0. The molecule has 0 N–H and O–H groups in total. The molecule has 65 heavy (non-hydrogen) atoms. The van der Waals surface area contributed by atoms with Crippen LogP contribution >= 0.6 is 0 Å². The van der Waals surface area contributed by atoms with Crippen molar-refractivity contribution in [2.45, 2.75) is 230 Å². The summed E-state index contributed by atoms with van der Waals surface area (Å²) in [6.07, 6.45) is 11.3. The Morgan fingerprint density at radius 1 is 0.677 bits per heavy atom. The van der Waals surface area contributed by atoms with E-state index < -0.39 is 24.0 Å². The summed E-state index contributed by atoms with van der Waals surface area (Å²) in [4.78, 5) is 67.7. The smallest absolute Gasteiger partial charge is 0.347 e. The molecule has 8 aliphatic rings. The number of rotatable bonds is 9. The Bertz CT molecular complexity index is 1410. The summed E-state index contributed by atoms with van der Waals surface area (Å²) in [7, 11) is 0. The first-order valence-electron chi connectivity index (χ1n) is 22.2. The first-order valence-corrected chi connectivity index (χ1v) is 22.2. The molecule has 0 radical (unpaired) electrons. The second kappa shape index (κ2) is 29.7. The molecular weight excluding hydrogens is 825 g/mol. The van der Waals surface area contributed by atoms with Crippen LogP contribution in [0.2, 0.25) is 0 Å². The first kappa shape index (κ1) is 71.0. The summed E-state index contributed by atoms with van der Waals surface area (Å²) < 4.78 is 25.6. The van der Waals surface area contributed by atoms with E-state index in [4.69, 9.17) is 14.2 Å². The monoisotopic (exact) mass is 931 g/mol. The third kappa shape index (κ3) is 16.9. The van der Waals surface area contributed by atoms with Crippen LogP contribution in [0.1, 0.15) is 213 Å². The van der Waals surface area contributed by atoms with Crippen LogP contribution in [0.3, 0.4) is 0 Å². The first-order chi connectivity index (χ1) is 26.7. The Morgan fingerprint density at radius 2 is 1.14 bits per heavy atom. The lowest BCUT2D eigenvalue weighted by atomic mass is 9.50. The fourth-order valence-electron chi connectivity index (χ4n) is 10.1. The molecule has 0 amide bonds. The van der Waals surface area contributed by atoms with E-state index in [1.165, 1.54) is 38.5 Å². The lowest BCUT2D eigenvalue weighted by Gasteiger charge is -2.59. The van der Waals surface area contributed by atoms with Crippen molar-refractivity contribution in [2.24, 2.45) is 76.9 Å². The predicted octanol–water partition coefficient (Wildman–Crippen LogP) is 13.8. The number of hydrogen-bond donors (Lipinski definition) is 0. The van der Waals surface area contributed by atoms with E-state index in [2.05, 4.69) is 44.1 Å². The highest BCUT2D eigenvalue weighted by molar-refractivity contribution is 5.95. The molecular formula is C54H106O11. The Kier molecular flexibility index (Phi) is 32.5. The second-order valence-electron chi connectivity index (χ2n) is 19.5. The van der Waals surface area contributed by atoms with E-state index in [0.717, 1.165) is 49.4 Å². The molecule has 6 saturated carbocycles. The minimum Gasteiger partial charge on any atom is -0.463 e. The van der Waals surface area contributed by atoms with Crippen LogP contribution in [-0.2, 0) is 52.5 Å². The number of cyclic esters (lactones) is 3. The predicted molar refractivity (Wildman–Crippen MR) is 268 cm³/mol. The quantitative estimate of drug-likeness (QED) is 0.124. The van der Waals surface area contributed by atoms with Gasteiger partial charge in [0.25, 0.3) is 0 Å². The maximum Gasteiger partial charge on any atom is 0.347 e. The lowest BCUT2D eigenvalue weighted by Crippen LogP contribution is -2.58. The van der Waals surface area contributed by atoms with Gasteiger partial charge in [-0.25, -0.2) is 4.79 Å². The van der Waals surface area contributed by atoms with Gasteiger partial charge in [0, 0.05) is 6.42 Å². The molecule has 8 fully saturated rings. The SMILES string of the molecule is C.C.C.C.C.C.C.C.CC1C(=O)OC(=O)C1C.CCC(C)(C)OC(=O)C1CC2CC1C(C)C2C.CCC(C)C(=O)OC1(C)C2CC3CC(C2)CC1C3.CCC(C)C(=O)OC1CCOC1=O. The van der Waals surface area contributed by atoms with Crippen molar-refractivity contribution >= 4 is 35.8 Å². The number of ether oxygens (including phenoxy) is 5. The standard InChI is InChI=1S/C16H26O2.C15H26O2.C9H14O4.C6H8O3.8CH4/c1-4-10(2)15(17)18-16(3)13-6-11-5-12(8-13)9-14(16)7-11;1-6-15(4,5)17-14(16)13-8-11-7-12(13)10(3)9(11)2;1-3-6(2)8(10)13-7-4-5-12-9(7)11;1-3-4(2)6(8)9-5(3)7;;;;;;;;/h10-14H,4-9H2,1-3H3;9-13H,6-8H2,1-5H3;6-7H,3-5H2,1-2H3;3-4H,1-2H3;8*1H4. The molecule has 11 heteroatoms. The van der Waals surface area contributed by atoms with E-state index in [0.29, 0.717) is 36.7 Å². The van der Waals surface area contributed by atoms with E-state index in [1.807, 2.05) is 27.7 Å². The number of hydrogen-bond acceptors (Lipinski definition) is 11. The van der Waals surface area contributed by atoms with Crippen LogP contribution in [0.15, 0.2) is 0 Å². The van der Waals surface area contributed by atoms with E-state index >= 15 is 0 Å². The van der Waals surface area contributed by atoms with Crippen molar-refractivity contribution in [3.8, 4) is 0 Å². The molecule has 6 aliphatic carbocycles. The number of esters is 6. The molecule has 10 atom stereocenters. The maximum absolute atomic E-state index is 12.2. The van der Waals surface area contributed by atoms with Crippen LogP contribution < -0.4 is 0 Å². The Labute approximate surface area is 401 Å². The number of fused-ring (bicyclic) bond motifs is 2. The molecule has 0 aromatic rings. The van der Waals surface area contributed by atoms with Crippen LogP contribution in [0, 0.1) is 76.9 Å². The zero-order chi connectivity index (χ0) is 42.6. The highest BCUT2D eigenvalue weighted by Gasteiger charge is 2.57. The van der Waals surface area contributed by atoms with Crippen molar-refractivity contribution in [1.82, 2.24) is 0 Å². The normalized spacial score (nSPS) is 33.3. The molecule has 0 aromatic heterocycles. The Balaban J connectivity index is -0.000000242. The fraction of sp³-hybridized carbons (Fsp3) is 0.889. The van der Waals surface area contributed by atoms with E-state index in [-0.39, 0.29) is 118 Å². The van der Waals surface area contributed by atoms with Gasteiger partial charge in [-0.1, -0.05) is 122 Å². The summed E-state index contributed by atoms with van der Waals surface area (Å²) in [5.41, 5.74) is -0.443. The molecule has 388 valence electrons. The molecule has 2 saturated heterocycles. The molecule has 10 unspecified atom stereocenters. The van der Waals surface area contributed by atoms with Crippen LogP contribution in [0.4, 0.5) is 0 Å². The Hall–Kier alpha value is -2.98. The minimum atomic E-state index is -0.665. The fourth-order valence-corrected chi connectivity index (χ4v) is 10.1. The van der Waals surface area contributed by atoms with Crippen molar-refractivity contribution in [1.29, 1.82) is 0 Å². The second-order valence-corrected chi connectivity index (χ2v) is 19.5. The van der Waals surface area contributed by atoms with Gasteiger partial charge in [0.1, 0.15) is 11.2 Å². The van der Waals surface area contributed by atoms with Crippen molar-refractivity contribution in [3.63, 3.8) is 0 Å². The molecule has 8 rings (SSSR count). The van der Waals surface area contributed by atoms with E-state index in [1.54, 1.807) is 20.8 Å². The highest BCUT2D eigenvalue weighted by atomic mass is 16.6. The van der Waals surface area contributed by atoms with Gasteiger partial charge < -0.3 is 23.7 Å². The molecule has 6 bridgehead atoms. The molecule has 2 aliphatic heterocycles. The highest BCUT2D eigenvalue weighted by Crippen LogP contribution is 2.59. The topological polar surface area (TPSA) is 149 Å². The van der Waals surface area contributed by atoms with Crippen LogP contribution in [-0.4, -0.2) is 59.7 Å². The zero-order valence-corrected chi connectivity index (χ0v) is 37.1. The van der Waals surface area contributed by atoms with Gasteiger partial charge in [0.2, 0.25) is 6.10 Å². The summed E-state index contributed by atoms with van der Waals surface area (Å²) in [5, 5.41) is 0. The zero-order valence-electron chi connectivity index (χ0n) is 37.1. The molecule has 11 nitrogen and oxygen atoms in total. The third-order valence-electron chi connectivity index (χ3n) is 15.4. The van der Waals surface area contributed by atoms with Gasteiger partial charge in [0.05, 0.1) is 36.2 Å². The summed E-state index contributed by atoms with van der Waals surface area (Å²) in [5.74, 6) is 4.12. The summed E-state index contributed by atoms with van der Waals surface area (Å²) in [6, 6.07) is 0. The van der Waals surface area contributed by atoms with Crippen LogP contribution in [0.25, 0.3) is 0 Å². The Morgan fingerprint density at radius 3 is 1.49 bits per heavy atom. The lowest BCUT2D eigenvalue weighted by molar-refractivity contribution is -0.206. The van der Waals surface area contributed by atoms with Gasteiger partial charge >= 0.3 is 35.8 Å².